The number of benzene rings is 1. The van der Waals surface area contributed by atoms with Gasteiger partial charge in [0.25, 0.3) is 0 Å². The van der Waals surface area contributed by atoms with E-state index in [1.807, 2.05) is 0 Å². The molecule has 4 heteroatoms. The minimum atomic E-state index is 0.529. The second-order valence-corrected chi connectivity index (χ2v) is 6.40. The van der Waals surface area contributed by atoms with Gasteiger partial charge in [0.05, 0.1) is 16.6 Å². The van der Waals surface area contributed by atoms with Crippen LogP contribution in [-0.4, -0.2) is 18.1 Å². The molecule has 2 heterocycles. The second kappa shape index (κ2) is 6.59. The predicted molar refractivity (Wildman–Crippen MR) is 87.0 cm³/mol. The van der Waals surface area contributed by atoms with Crippen LogP contribution in [0.15, 0.2) is 29.6 Å². The van der Waals surface area contributed by atoms with Crippen LogP contribution in [0, 0.1) is 0 Å². The molecule has 1 aromatic carbocycles. The number of thiazole rings is 1. The Kier molecular flexibility index (Phi) is 4.58. The van der Waals surface area contributed by atoms with Crippen molar-refractivity contribution in [1.82, 2.24) is 4.98 Å². The Labute approximate surface area is 129 Å². The number of hydrogen-bond donors (Lipinski definition) is 0. The molecule has 0 amide bonds. The van der Waals surface area contributed by atoms with Gasteiger partial charge in [-0.1, -0.05) is 18.2 Å². The summed E-state index contributed by atoms with van der Waals surface area (Å²) in [6.07, 6.45) is 4.71. The maximum Gasteiger partial charge on any atom is 0.0928 e. The third-order valence-corrected chi connectivity index (χ3v) is 5.02. The van der Waals surface area contributed by atoms with Crippen LogP contribution < -0.4 is 4.90 Å². The van der Waals surface area contributed by atoms with Crippen LogP contribution in [-0.2, 0) is 18.7 Å². The van der Waals surface area contributed by atoms with E-state index in [1.54, 1.807) is 11.3 Å². The quantitative estimate of drug-likeness (QED) is 0.585. The van der Waals surface area contributed by atoms with Gasteiger partial charge in [-0.05, 0) is 37.3 Å². The lowest BCUT2D eigenvalue weighted by Gasteiger charge is -2.18. The van der Waals surface area contributed by atoms with Crippen LogP contribution in [0.3, 0.4) is 0 Å². The molecule has 0 saturated carbocycles. The molecule has 1 aliphatic rings. The molecular formula is C16H19ClN2S. The minimum absolute atomic E-state index is 0.529. The Morgan fingerprint density at radius 3 is 3.00 bits per heavy atom. The monoisotopic (exact) mass is 306 g/mol. The molecule has 106 valence electrons. The number of hydrogen-bond acceptors (Lipinski definition) is 3. The van der Waals surface area contributed by atoms with Crippen LogP contribution in [0.2, 0.25) is 0 Å². The molecule has 2 nitrogen and oxygen atoms in total. The van der Waals surface area contributed by atoms with Crippen LogP contribution >= 0.6 is 22.9 Å². The summed E-state index contributed by atoms with van der Waals surface area (Å²) in [7, 11) is 0. The van der Waals surface area contributed by atoms with Crippen molar-refractivity contribution in [2.75, 3.05) is 18.0 Å². The number of nitrogens with zero attached hydrogens (tertiary/aromatic N) is 2. The van der Waals surface area contributed by atoms with Gasteiger partial charge in [-0.25, -0.2) is 4.98 Å². The van der Waals surface area contributed by atoms with Gasteiger partial charge in [-0.15, -0.1) is 22.9 Å². The number of halogens is 1. The van der Waals surface area contributed by atoms with Gasteiger partial charge >= 0.3 is 0 Å². The highest BCUT2D eigenvalue weighted by Crippen LogP contribution is 2.27. The average molecular weight is 307 g/mol. The standard InChI is InChI=1S/C16H19ClN2S/c17-11-14-12-20-16(18-14)7-3-4-9-19-10-8-13-5-1-2-6-15(13)19/h1-2,5-6,12H,3-4,7-11H2. The number of fused-ring (bicyclic) bond motifs is 1. The molecule has 0 saturated heterocycles. The summed E-state index contributed by atoms with van der Waals surface area (Å²) in [4.78, 5) is 7.02. The van der Waals surface area contributed by atoms with Crippen molar-refractivity contribution in [1.29, 1.82) is 0 Å². The van der Waals surface area contributed by atoms with Gasteiger partial charge in [-0.2, -0.15) is 0 Å². The Morgan fingerprint density at radius 1 is 1.25 bits per heavy atom. The molecule has 3 rings (SSSR count). The smallest absolute Gasteiger partial charge is 0.0928 e. The molecule has 20 heavy (non-hydrogen) atoms. The van der Waals surface area contributed by atoms with E-state index in [0.717, 1.165) is 18.7 Å². The summed E-state index contributed by atoms with van der Waals surface area (Å²) >= 11 is 7.51. The summed E-state index contributed by atoms with van der Waals surface area (Å²) in [5.41, 5.74) is 3.95. The lowest BCUT2D eigenvalue weighted by atomic mass is 10.2. The first-order chi connectivity index (χ1) is 9.86. The number of anilines is 1. The lowest BCUT2D eigenvalue weighted by molar-refractivity contribution is 0.697. The fraction of sp³-hybridized carbons (Fsp3) is 0.438. The molecule has 0 fully saturated rings. The molecule has 1 aromatic heterocycles. The Bertz CT molecular complexity index is 567. The van der Waals surface area contributed by atoms with Crippen LogP contribution in [0.4, 0.5) is 5.69 Å². The van der Waals surface area contributed by atoms with Gasteiger partial charge in [0, 0.05) is 24.2 Å². The van der Waals surface area contributed by atoms with Gasteiger partial charge < -0.3 is 4.90 Å². The van der Waals surface area contributed by atoms with Crippen molar-refractivity contribution in [2.45, 2.75) is 31.6 Å². The highest BCUT2D eigenvalue weighted by molar-refractivity contribution is 7.09. The molecule has 0 N–H and O–H groups in total. The van der Waals surface area contributed by atoms with Crippen molar-refractivity contribution >= 4 is 28.6 Å². The maximum absolute atomic E-state index is 5.77. The Balaban J connectivity index is 1.45. The third-order valence-electron chi connectivity index (χ3n) is 3.79. The molecule has 2 aromatic rings. The number of aromatic nitrogens is 1. The molecule has 0 radical (unpaired) electrons. The summed E-state index contributed by atoms with van der Waals surface area (Å²) in [6, 6.07) is 8.77. The van der Waals surface area contributed by atoms with Crippen LogP contribution in [0.25, 0.3) is 0 Å². The van der Waals surface area contributed by atoms with Crippen molar-refractivity contribution in [3.8, 4) is 0 Å². The summed E-state index contributed by atoms with van der Waals surface area (Å²) < 4.78 is 0. The molecule has 0 unspecified atom stereocenters. The minimum Gasteiger partial charge on any atom is -0.371 e. The molecule has 1 aliphatic heterocycles. The molecule has 0 bridgehead atoms. The van der Waals surface area contributed by atoms with Crippen molar-refractivity contribution in [3.05, 3.63) is 45.9 Å². The molecular weight excluding hydrogens is 288 g/mol. The SMILES string of the molecule is ClCc1csc(CCCCN2CCc3ccccc32)n1. The Hall–Kier alpha value is -1.06. The molecule has 0 aliphatic carbocycles. The molecule has 0 atom stereocenters. The second-order valence-electron chi connectivity index (χ2n) is 5.19. The van der Waals surface area contributed by atoms with Gasteiger partial charge in [0.1, 0.15) is 0 Å². The predicted octanol–water partition coefficient (Wildman–Crippen LogP) is 4.27. The molecule has 0 spiro atoms. The van der Waals surface area contributed by atoms with E-state index in [2.05, 4.69) is 39.5 Å². The normalized spacial score (nSPS) is 13.8. The zero-order valence-electron chi connectivity index (χ0n) is 11.5. The number of aryl methyl sites for hydroxylation is 1. The van der Waals surface area contributed by atoms with Gasteiger partial charge in [0.15, 0.2) is 0 Å². The fourth-order valence-corrected chi connectivity index (χ4v) is 3.81. The van der Waals surface area contributed by atoms with E-state index < -0.39 is 0 Å². The zero-order valence-corrected chi connectivity index (χ0v) is 13.1. The summed E-state index contributed by atoms with van der Waals surface area (Å²) in [5, 5.41) is 3.29. The van der Waals surface area contributed by atoms with E-state index >= 15 is 0 Å². The van der Waals surface area contributed by atoms with Gasteiger partial charge in [0.2, 0.25) is 0 Å². The van der Waals surface area contributed by atoms with Crippen molar-refractivity contribution in [3.63, 3.8) is 0 Å². The summed E-state index contributed by atoms with van der Waals surface area (Å²) in [5.74, 6) is 0.529. The highest BCUT2D eigenvalue weighted by atomic mass is 35.5. The number of alkyl halides is 1. The fourth-order valence-electron chi connectivity index (χ4n) is 2.74. The largest absolute Gasteiger partial charge is 0.371 e. The third kappa shape index (κ3) is 3.15. The first-order valence-electron chi connectivity index (χ1n) is 7.19. The lowest BCUT2D eigenvalue weighted by Crippen LogP contribution is -2.21. The van der Waals surface area contributed by atoms with E-state index in [0.29, 0.717) is 5.88 Å². The average Bonchev–Trinajstić information content (AvgIpc) is 3.10. The van der Waals surface area contributed by atoms with Crippen LogP contribution in [0.1, 0.15) is 29.1 Å². The topological polar surface area (TPSA) is 16.1 Å². The van der Waals surface area contributed by atoms with E-state index in [1.165, 1.54) is 42.1 Å². The Morgan fingerprint density at radius 2 is 2.15 bits per heavy atom. The first-order valence-corrected chi connectivity index (χ1v) is 8.60. The van der Waals surface area contributed by atoms with Gasteiger partial charge in [-0.3, -0.25) is 0 Å². The number of rotatable bonds is 6. The van der Waals surface area contributed by atoms with Crippen LogP contribution in [0.5, 0.6) is 0 Å². The zero-order chi connectivity index (χ0) is 13.8. The van der Waals surface area contributed by atoms with Crippen molar-refractivity contribution in [2.24, 2.45) is 0 Å². The number of unbranched alkanes of at least 4 members (excludes halogenated alkanes) is 1. The highest BCUT2D eigenvalue weighted by Gasteiger charge is 2.17. The first kappa shape index (κ1) is 13.9. The van der Waals surface area contributed by atoms with E-state index in [9.17, 15) is 0 Å². The van der Waals surface area contributed by atoms with E-state index in [4.69, 9.17) is 11.6 Å². The van der Waals surface area contributed by atoms with Crippen molar-refractivity contribution < 1.29 is 0 Å². The summed E-state index contributed by atoms with van der Waals surface area (Å²) in [6.45, 7) is 2.33. The number of para-hydroxylation sites is 1. The maximum atomic E-state index is 5.77. The van der Waals surface area contributed by atoms with E-state index in [-0.39, 0.29) is 0 Å².